The van der Waals surface area contributed by atoms with Crippen molar-refractivity contribution in [2.75, 3.05) is 6.54 Å². The average molecular weight is 211 g/mol. The van der Waals surface area contributed by atoms with E-state index in [4.69, 9.17) is 0 Å². The zero-order chi connectivity index (χ0) is 10.9. The van der Waals surface area contributed by atoms with E-state index < -0.39 is 0 Å². The summed E-state index contributed by atoms with van der Waals surface area (Å²) in [5, 5.41) is 12.9. The van der Waals surface area contributed by atoms with Gasteiger partial charge in [0.15, 0.2) is 0 Å². The summed E-state index contributed by atoms with van der Waals surface area (Å²) in [6.07, 6.45) is 7.43. The van der Waals surface area contributed by atoms with Crippen molar-refractivity contribution in [2.24, 2.45) is 11.3 Å². The number of nitrogens with one attached hydrogen (secondary N) is 1. The Morgan fingerprint density at radius 2 is 1.80 bits per heavy atom. The maximum absolute atomic E-state index is 9.20. The smallest absolute Gasteiger partial charge is 0.0546 e. The van der Waals surface area contributed by atoms with Gasteiger partial charge >= 0.3 is 0 Å². The minimum Gasteiger partial charge on any atom is -0.393 e. The van der Waals surface area contributed by atoms with Crippen LogP contribution in [0.3, 0.4) is 0 Å². The molecule has 2 saturated carbocycles. The Kier molecular flexibility index (Phi) is 3.36. The topological polar surface area (TPSA) is 32.3 Å². The van der Waals surface area contributed by atoms with Crippen molar-refractivity contribution in [1.29, 1.82) is 0 Å². The van der Waals surface area contributed by atoms with Crippen molar-refractivity contribution in [3.8, 4) is 0 Å². The molecule has 0 aromatic heterocycles. The van der Waals surface area contributed by atoms with E-state index in [9.17, 15) is 5.11 Å². The second-order valence-corrected chi connectivity index (χ2v) is 6.34. The summed E-state index contributed by atoms with van der Waals surface area (Å²) in [6.45, 7) is 5.89. The van der Waals surface area contributed by atoms with Gasteiger partial charge in [-0.3, -0.25) is 0 Å². The Morgan fingerprint density at radius 1 is 1.20 bits per heavy atom. The molecule has 2 rings (SSSR count). The standard InChI is InChI=1S/C13H25NO/c1-13(2)5-3-11(4-6-13)14-9-10-7-12(15)8-10/h10-12,14-15H,3-9H2,1-2H3. The summed E-state index contributed by atoms with van der Waals surface area (Å²) in [6, 6.07) is 0.746. The molecule has 0 bridgehead atoms. The summed E-state index contributed by atoms with van der Waals surface area (Å²) < 4.78 is 0. The second kappa shape index (κ2) is 4.42. The molecule has 0 aromatic carbocycles. The van der Waals surface area contributed by atoms with Crippen molar-refractivity contribution >= 4 is 0 Å². The molecule has 0 unspecified atom stereocenters. The van der Waals surface area contributed by atoms with E-state index >= 15 is 0 Å². The lowest BCUT2D eigenvalue weighted by molar-refractivity contribution is 0.0404. The van der Waals surface area contributed by atoms with Gasteiger partial charge in [-0.25, -0.2) is 0 Å². The van der Waals surface area contributed by atoms with Gasteiger partial charge in [-0.05, 0) is 56.4 Å². The molecule has 0 radical (unpaired) electrons. The monoisotopic (exact) mass is 211 g/mol. The van der Waals surface area contributed by atoms with Gasteiger partial charge < -0.3 is 10.4 Å². The van der Waals surface area contributed by atoms with E-state index in [1.54, 1.807) is 0 Å². The molecule has 88 valence electrons. The van der Waals surface area contributed by atoms with Gasteiger partial charge in [-0.2, -0.15) is 0 Å². The highest BCUT2D eigenvalue weighted by Crippen LogP contribution is 2.35. The Morgan fingerprint density at radius 3 is 2.33 bits per heavy atom. The van der Waals surface area contributed by atoms with Gasteiger partial charge in [0.2, 0.25) is 0 Å². The fourth-order valence-corrected chi connectivity index (χ4v) is 2.80. The van der Waals surface area contributed by atoms with Crippen LogP contribution in [0.25, 0.3) is 0 Å². The second-order valence-electron chi connectivity index (χ2n) is 6.34. The molecule has 0 heterocycles. The van der Waals surface area contributed by atoms with Crippen molar-refractivity contribution in [3.05, 3.63) is 0 Å². The quantitative estimate of drug-likeness (QED) is 0.751. The highest BCUT2D eigenvalue weighted by Gasteiger charge is 2.29. The van der Waals surface area contributed by atoms with Crippen LogP contribution in [0.4, 0.5) is 0 Å². The Balaban J connectivity index is 1.61. The van der Waals surface area contributed by atoms with Gasteiger partial charge in [0, 0.05) is 6.04 Å². The first-order chi connectivity index (χ1) is 7.05. The lowest BCUT2D eigenvalue weighted by Gasteiger charge is -2.37. The molecule has 0 saturated heterocycles. The summed E-state index contributed by atoms with van der Waals surface area (Å²) >= 11 is 0. The lowest BCUT2D eigenvalue weighted by Crippen LogP contribution is -2.42. The summed E-state index contributed by atoms with van der Waals surface area (Å²) in [5.41, 5.74) is 0.574. The fraction of sp³-hybridized carbons (Fsp3) is 1.00. The zero-order valence-corrected chi connectivity index (χ0v) is 10.1. The van der Waals surface area contributed by atoms with Crippen LogP contribution in [-0.4, -0.2) is 23.8 Å². The first-order valence-electron chi connectivity index (χ1n) is 6.47. The summed E-state index contributed by atoms with van der Waals surface area (Å²) in [4.78, 5) is 0. The third-order valence-electron chi connectivity index (χ3n) is 4.25. The van der Waals surface area contributed by atoms with E-state index in [1.165, 1.54) is 25.7 Å². The van der Waals surface area contributed by atoms with Crippen LogP contribution in [0.2, 0.25) is 0 Å². The van der Waals surface area contributed by atoms with E-state index in [-0.39, 0.29) is 6.10 Å². The highest BCUT2D eigenvalue weighted by atomic mass is 16.3. The van der Waals surface area contributed by atoms with Crippen LogP contribution in [0.15, 0.2) is 0 Å². The predicted molar refractivity (Wildman–Crippen MR) is 62.8 cm³/mol. The summed E-state index contributed by atoms with van der Waals surface area (Å²) in [5.74, 6) is 0.745. The normalized spacial score (nSPS) is 36.2. The van der Waals surface area contributed by atoms with Crippen LogP contribution < -0.4 is 5.32 Å². The molecule has 15 heavy (non-hydrogen) atoms. The van der Waals surface area contributed by atoms with Crippen LogP contribution in [-0.2, 0) is 0 Å². The van der Waals surface area contributed by atoms with Crippen molar-refractivity contribution in [3.63, 3.8) is 0 Å². The minimum absolute atomic E-state index is 0.00193. The molecular weight excluding hydrogens is 186 g/mol. The van der Waals surface area contributed by atoms with E-state index in [2.05, 4.69) is 19.2 Å². The Bertz CT molecular complexity index is 199. The average Bonchev–Trinajstić information content (AvgIpc) is 2.12. The maximum atomic E-state index is 9.20. The SMILES string of the molecule is CC1(C)CCC(NCC2CC(O)C2)CC1. The first-order valence-corrected chi connectivity index (χ1v) is 6.47. The molecule has 2 nitrogen and oxygen atoms in total. The Labute approximate surface area is 93.5 Å². The van der Waals surface area contributed by atoms with Crippen LogP contribution in [0.5, 0.6) is 0 Å². The van der Waals surface area contributed by atoms with Crippen LogP contribution >= 0.6 is 0 Å². The number of aliphatic hydroxyl groups excluding tert-OH is 1. The summed E-state index contributed by atoms with van der Waals surface area (Å²) in [7, 11) is 0. The van der Waals surface area contributed by atoms with Crippen LogP contribution in [0.1, 0.15) is 52.4 Å². The highest BCUT2D eigenvalue weighted by molar-refractivity contribution is 4.85. The molecule has 2 aliphatic rings. The zero-order valence-electron chi connectivity index (χ0n) is 10.1. The van der Waals surface area contributed by atoms with E-state index in [0.29, 0.717) is 5.41 Å². The van der Waals surface area contributed by atoms with Crippen molar-refractivity contribution < 1.29 is 5.11 Å². The largest absolute Gasteiger partial charge is 0.393 e. The molecule has 0 aliphatic heterocycles. The third kappa shape index (κ3) is 3.18. The molecule has 0 aromatic rings. The lowest BCUT2D eigenvalue weighted by atomic mass is 9.75. The molecule has 2 aliphatic carbocycles. The fourth-order valence-electron chi connectivity index (χ4n) is 2.80. The molecular formula is C13H25NO. The molecule has 0 spiro atoms. The van der Waals surface area contributed by atoms with Crippen molar-refractivity contribution in [1.82, 2.24) is 5.32 Å². The number of rotatable bonds is 3. The van der Waals surface area contributed by atoms with Crippen LogP contribution in [0, 0.1) is 11.3 Å². The molecule has 2 N–H and O–H groups in total. The maximum Gasteiger partial charge on any atom is 0.0546 e. The third-order valence-corrected chi connectivity index (χ3v) is 4.25. The predicted octanol–water partition coefficient (Wildman–Crippen LogP) is 2.32. The first kappa shape index (κ1) is 11.4. The molecule has 0 amide bonds. The minimum atomic E-state index is 0.00193. The number of hydrogen-bond donors (Lipinski definition) is 2. The van der Waals surface area contributed by atoms with Gasteiger partial charge in [-0.1, -0.05) is 13.8 Å². The van der Waals surface area contributed by atoms with Gasteiger partial charge in [0.1, 0.15) is 0 Å². The number of aliphatic hydroxyl groups is 1. The molecule has 0 atom stereocenters. The van der Waals surface area contributed by atoms with Gasteiger partial charge in [0.25, 0.3) is 0 Å². The molecule has 2 heteroatoms. The Hall–Kier alpha value is -0.0800. The van der Waals surface area contributed by atoms with Crippen molar-refractivity contribution in [2.45, 2.75) is 64.5 Å². The van der Waals surface area contributed by atoms with E-state index in [0.717, 1.165) is 31.3 Å². The van der Waals surface area contributed by atoms with E-state index in [1.807, 2.05) is 0 Å². The van der Waals surface area contributed by atoms with Gasteiger partial charge in [0.05, 0.1) is 6.10 Å². The molecule has 2 fully saturated rings. The van der Waals surface area contributed by atoms with Gasteiger partial charge in [-0.15, -0.1) is 0 Å². The number of hydrogen-bond acceptors (Lipinski definition) is 2.